The molecule has 0 N–H and O–H groups in total. The van der Waals surface area contributed by atoms with Crippen LogP contribution in [0.1, 0.15) is 36.6 Å². The second-order valence-electron chi connectivity index (χ2n) is 8.47. The van der Waals surface area contributed by atoms with Crippen LogP contribution in [0, 0.1) is 6.92 Å². The standard InChI is InChI=1S/C21H29N3O5S3/c1-4-16-13(2)31-19-18(16)20(26)24(10-15-6-5-8-29-15)21(22-19)30-11-17(25)23(3)14-7-9-32(27,28)12-14/h14-15H,4-12H2,1-3H3. The summed E-state index contributed by atoms with van der Waals surface area (Å²) in [7, 11) is -1.41. The first-order valence-electron chi connectivity index (χ1n) is 10.9. The van der Waals surface area contributed by atoms with Gasteiger partial charge in [-0.05, 0) is 38.2 Å². The number of aryl methyl sites for hydroxylation is 2. The Bertz CT molecular complexity index is 1180. The van der Waals surface area contributed by atoms with E-state index in [2.05, 4.69) is 0 Å². The smallest absolute Gasteiger partial charge is 0.263 e. The van der Waals surface area contributed by atoms with E-state index in [1.165, 1.54) is 28.0 Å². The first-order valence-corrected chi connectivity index (χ1v) is 14.6. The van der Waals surface area contributed by atoms with Gasteiger partial charge in [0, 0.05) is 24.6 Å². The Morgan fingerprint density at radius 3 is 2.78 bits per heavy atom. The molecule has 0 aliphatic carbocycles. The monoisotopic (exact) mass is 499 g/mol. The maximum absolute atomic E-state index is 13.5. The molecule has 1 amide bonds. The van der Waals surface area contributed by atoms with E-state index in [4.69, 9.17) is 9.72 Å². The van der Waals surface area contributed by atoms with E-state index in [1.54, 1.807) is 11.6 Å². The number of amides is 1. The first-order chi connectivity index (χ1) is 15.2. The summed E-state index contributed by atoms with van der Waals surface area (Å²) in [5.74, 6) is 0.0783. The van der Waals surface area contributed by atoms with Gasteiger partial charge in [-0.25, -0.2) is 13.4 Å². The molecule has 4 heterocycles. The molecule has 2 aromatic rings. The number of fused-ring (bicyclic) bond motifs is 1. The molecular weight excluding hydrogens is 470 g/mol. The van der Waals surface area contributed by atoms with Crippen molar-refractivity contribution in [1.29, 1.82) is 0 Å². The summed E-state index contributed by atoms with van der Waals surface area (Å²) in [6.07, 6.45) is 3.08. The summed E-state index contributed by atoms with van der Waals surface area (Å²) in [5.41, 5.74) is 0.968. The third-order valence-corrected chi connectivity index (χ3v) is 10.1. The highest BCUT2D eigenvalue weighted by Gasteiger charge is 2.33. The van der Waals surface area contributed by atoms with Crippen molar-refractivity contribution in [2.24, 2.45) is 0 Å². The van der Waals surface area contributed by atoms with Crippen LogP contribution in [-0.2, 0) is 32.3 Å². The van der Waals surface area contributed by atoms with Gasteiger partial charge in [0.2, 0.25) is 5.91 Å². The zero-order valence-electron chi connectivity index (χ0n) is 18.6. The van der Waals surface area contributed by atoms with E-state index in [0.717, 1.165) is 29.7 Å². The third kappa shape index (κ3) is 4.76. The molecule has 2 fully saturated rings. The molecule has 2 aliphatic rings. The quantitative estimate of drug-likeness (QED) is 0.426. The highest BCUT2D eigenvalue weighted by Crippen LogP contribution is 2.30. The molecule has 0 aromatic carbocycles. The van der Waals surface area contributed by atoms with Gasteiger partial charge in [-0.1, -0.05) is 18.7 Å². The van der Waals surface area contributed by atoms with Gasteiger partial charge in [0.25, 0.3) is 5.56 Å². The van der Waals surface area contributed by atoms with Gasteiger partial charge in [0.15, 0.2) is 15.0 Å². The van der Waals surface area contributed by atoms with Crippen molar-refractivity contribution in [2.75, 3.05) is 30.9 Å². The summed E-state index contributed by atoms with van der Waals surface area (Å²) in [6.45, 7) is 5.17. The number of hydrogen-bond donors (Lipinski definition) is 0. The Kier molecular flexibility index (Phi) is 7.00. The molecule has 8 nitrogen and oxygen atoms in total. The maximum atomic E-state index is 13.5. The SMILES string of the molecule is CCc1c(C)sc2nc(SCC(=O)N(C)C3CCS(=O)(=O)C3)n(CC3CCCO3)c(=O)c12. The fraction of sp³-hybridized carbons (Fsp3) is 0.667. The molecule has 0 saturated carbocycles. The summed E-state index contributed by atoms with van der Waals surface area (Å²) in [6, 6.07) is -0.287. The molecule has 2 saturated heterocycles. The summed E-state index contributed by atoms with van der Waals surface area (Å²) < 4.78 is 31.0. The third-order valence-electron chi connectivity index (χ3n) is 6.32. The van der Waals surface area contributed by atoms with E-state index < -0.39 is 9.84 Å². The molecule has 2 aromatic heterocycles. The van der Waals surface area contributed by atoms with Crippen LogP contribution in [0.2, 0.25) is 0 Å². The fourth-order valence-electron chi connectivity index (χ4n) is 4.43. The number of hydrogen-bond acceptors (Lipinski definition) is 8. The van der Waals surface area contributed by atoms with Crippen LogP contribution in [0.5, 0.6) is 0 Å². The molecule has 0 radical (unpaired) electrons. The van der Waals surface area contributed by atoms with Gasteiger partial charge in [-0.15, -0.1) is 11.3 Å². The number of carbonyl (C=O) groups excluding carboxylic acids is 1. The zero-order chi connectivity index (χ0) is 23.0. The largest absolute Gasteiger partial charge is 0.376 e. The summed E-state index contributed by atoms with van der Waals surface area (Å²) >= 11 is 2.75. The Morgan fingerprint density at radius 1 is 1.38 bits per heavy atom. The average Bonchev–Trinajstić information content (AvgIpc) is 3.46. The molecule has 11 heteroatoms. The lowest BCUT2D eigenvalue weighted by Crippen LogP contribution is -2.39. The van der Waals surface area contributed by atoms with Crippen molar-refractivity contribution >= 4 is 49.1 Å². The van der Waals surface area contributed by atoms with Crippen LogP contribution < -0.4 is 5.56 Å². The Labute approximate surface area is 196 Å². The number of rotatable bonds is 7. The van der Waals surface area contributed by atoms with E-state index in [9.17, 15) is 18.0 Å². The van der Waals surface area contributed by atoms with Crippen molar-refractivity contribution in [2.45, 2.75) is 63.4 Å². The van der Waals surface area contributed by atoms with Crippen molar-refractivity contribution in [1.82, 2.24) is 14.5 Å². The minimum Gasteiger partial charge on any atom is -0.376 e. The molecule has 176 valence electrons. The normalized spacial score (nSPS) is 22.6. The van der Waals surface area contributed by atoms with Gasteiger partial charge in [-0.2, -0.15) is 0 Å². The molecular formula is C21H29N3O5S3. The minimum absolute atomic E-state index is 0.0160. The molecule has 2 aliphatic heterocycles. The zero-order valence-corrected chi connectivity index (χ0v) is 21.1. The van der Waals surface area contributed by atoms with Crippen molar-refractivity contribution < 1.29 is 17.9 Å². The minimum atomic E-state index is -3.07. The van der Waals surface area contributed by atoms with Crippen LogP contribution in [0.25, 0.3) is 10.2 Å². The molecule has 2 atom stereocenters. The highest BCUT2D eigenvalue weighted by atomic mass is 32.2. The topological polar surface area (TPSA) is 98.6 Å². The van der Waals surface area contributed by atoms with Gasteiger partial charge in [0.1, 0.15) is 4.83 Å². The van der Waals surface area contributed by atoms with Gasteiger partial charge in [0.05, 0.1) is 35.3 Å². The molecule has 0 bridgehead atoms. The van der Waals surface area contributed by atoms with Crippen LogP contribution in [0.4, 0.5) is 0 Å². The van der Waals surface area contributed by atoms with Crippen LogP contribution in [-0.4, -0.2) is 71.8 Å². The van der Waals surface area contributed by atoms with Crippen LogP contribution in [0.15, 0.2) is 9.95 Å². The second-order valence-corrected chi connectivity index (χ2v) is 12.8. The second kappa shape index (κ2) is 9.44. The lowest BCUT2D eigenvalue weighted by atomic mass is 10.1. The molecule has 2 unspecified atom stereocenters. The van der Waals surface area contributed by atoms with Crippen molar-refractivity contribution in [3.8, 4) is 0 Å². The van der Waals surface area contributed by atoms with E-state index in [-0.39, 0.29) is 40.9 Å². The number of carbonyl (C=O) groups is 1. The maximum Gasteiger partial charge on any atom is 0.263 e. The Morgan fingerprint density at radius 2 is 2.16 bits per heavy atom. The van der Waals surface area contributed by atoms with Crippen LogP contribution in [0.3, 0.4) is 0 Å². The lowest BCUT2D eigenvalue weighted by Gasteiger charge is -2.23. The summed E-state index contributed by atoms with van der Waals surface area (Å²) in [5, 5.41) is 1.19. The molecule has 32 heavy (non-hydrogen) atoms. The van der Waals surface area contributed by atoms with Gasteiger partial charge in [-0.3, -0.25) is 14.2 Å². The number of thioether (sulfide) groups is 1. The van der Waals surface area contributed by atoms with E-state index >= 15 is 0 Å². The molecule has 4 rings (SSSR count). The highest BCUT2D eigenvalue weighted by molar-refractivity contribution is 7.99. The van der Waals surface area contributed by atoms with Gasteiger partial charge >= 0.3 is 0 Å². The summed E-state index contributed by atoms with van der Waals surface area (Å²) in [4.78, 5) is 34.4. The number of thiophene rings is 1. The average molecular weight is 500 g/mol. The predicted molar refractivity (Wildman–Crippen MR) is 128 cm³/mol. The fourth-order valence-corrected chi connectivity index (χ4v) is 8.29. The van der Waals surface area contributed by atoms with Crippen LogP contribution >= 0.6 is 23.1 Å². The number of nitrogens with zero attached hydrogens (tertiary/aromatic N) is 3. The van der Waals surface area contributed by atoms with Crippen molar-refractivity contribution in [3.63, 3.8) is 0 Å². The number of ether oxygens (including phenoxy) is 1. The Balaban J connectivity index is 1.60. The first kappa shape index (κ1) is 23.7. The predicted octanol–water partition coefficient (Wildman–Crippen LogP) is 2.25. The van der Waals surface area contributed by atoms with E-state index in [1.807, 2.05) is 13.8 Å². The number of sulfone groups is 1. The van der Waals surface area contributed by atoms with Crippen molar-refractivity contribution in [3.05, 3.63) is 20.8 Å². The lowest BCUT2D eigenvalue weighted by molar-refractivity contribution is -0.128. The van der Waals surface area contributed by atoms with E-state index in [0.29, 0.717) is 34.9 Å². The number of aromatic nitrogens is 2. The molecule has 0 spiro atoms. The Hall–Kier alpha value is -1.43. The van der Waals surface area contributed by atoms with Gasteiger partial charge < -0.3 is 9.64 Å².